The number of hydrogen-bond acceptors (Lipinski definition) is 2. The molecule has 2 N–H and O–H groups in total. The Kier molecular flexibility index (Phi) is 3.96. The van der Waals surface area contributed by atoms with Gasteiger partial charge in [0.1, 0.15) is 0 Å². The Hall–Kier alpha value is -0.0800. The summed E-state index contributed by atoms with van der Waals surface area (Å²) in [6.07, 6.45) is 3.75. The van der Waals surface area contributed by atoms with E-state index < -0.39 is 0 Å². The molecule has 2 nitrogen and oxygen atoms in total. The van der Waals surface area contributed by atoms with Gasteiger partial charge >= 0.3 is 0 Å². The zero-order chi connectivity index (χ0) is 10.8. The molecule has 1 rings (SSSR count). The molecule has 0 amide bonds. The Labute approximate surface area is 88.2 Å². The van der Waals surface area contributed by atoms with Crippen molar-refractivity contribution in [3.05, 3.63) is 0 Å². The molecule has 0 radical (unpaired) electrons. The van der Waals surface area contributed by atoms with Gasteiger partial charge in [-0.05, 0) is 30.6 Å². The Bertz CT molecular complexity index is 183. The molecule has 2 heteroatoms. The SMILES string of the molecule is COCC(C)C1(N)CC(C)CCC1C. The molecule has 4 unspecified atom stereocenters. The minimum atomic E-state index is -0.00627. The van der Waals surface area contributed by atoms with Gasteiger partial charge in [0.15, 0.2) is 0 Å². The molecule has 14 heavy (non-hydrogen) atoms. The molecule has 1 aliphatic rings. The summed E-state index contributed by atoms with van der Waals surface area (Å²) in [7, 11) is 1.76. The van der Waals surface area contributed by atoms with E-state index >= 15 is 0 Å². The highest BCUT2D eigenvalue weighted by Gasteiger charge is 2.41. The van der Waals surface area contributed by atoms with Gasteiger partial charge in [-0.3, -0.25) is 0 Å². The first-order valence-corrected chi connectivity index (χ1v) is 5.78. The van der Waals surface area contributed by atoms with Crippen molar-refractivity contribution in [2.45, 2.75) is 45.6 Å². The minimum absolute atomic E-state index is 0.00627. The lowest BCUT2D eigenvalue weighted by atomic mass is 9.65. The second-order valence-corrected chi connectivity index (χ2v) is 5.26. The van der Waals surface area contributed by atoms with Crippen molar-refractivity contribution >= 4 is 0 Å². The number of methoxy groups -OCH3 is 1. The Morgan fingerprint density at radius 2 is 2.07 bits per heavy atom. The average molecular weight is 199 g/mol. The third-order valence-electron chi connectivity index (χ3n) is 4.05. The molecule has 1 saturated carbocycles. The number of ether oxygens (including phenoxy) is 1. The molecule has 0 heterocycles. The minimum Gasteiger partial charge on any atom is -0.384 e. The lowest BCUT2D eigenvalue weighted by Gasteiger charge is -2.46. The van der Waals surface area contributed by atoms with Crippen LogP contribution in [0.4, 0.5) is 0 Å². The fourth-order valence-corrected chi connectivity index (χ4v) is 2.80. The molecule has 0 aromatic carbocycles. The maximum atomic E-state index is 6.54. The van der Waals surface area contributed by atoms with Crippen LogP contribution in [0.5, 0.6) is 0 Å². The summed E-state index contributed by atoms with van der Waals surface area (Å²) < 4.78 is 5.23. The highest BCUT2D eigenvalue weighted by molar-refractivity contribution is 4.97. The fraction of sp³-hybridized carbons (Fsp3) is 1.00. The molecule has 0 aliphatic heterocycles. The van der Waals surface area contributed by atoms with Gasteiger partial charge < -0.3 is 10.5 Å². The van der Waals surface area contributed by atoms with Crippen LogP contribution in [0.1, 0.15) is 40.0 Å². The van der Waals surface area contributed by atoms with Crippen molar-refractivity contribution in [2.75, 3.05) is 13.7 Å². The monoisotopic (exact) mass is 199 g/mol. The van der Waals surface area contributed by atoms with Crippen LogP contribution in [-0.4, -0.2) is 19.3 Å². The number of rotatable bonds is 3. The van der Waals surface area contributed by atoms with Gasteiger partial charge in [0.2, 0.25) is 0 Å². The number of hydrogen-bond donors (Lipinski definition) is 1. The second-order valence-electron chi connectivity index (χ2n) is 5.26. The van der Waals surface area contributed by atoms with E-state index in [-0.39, 0.29) is 5.54 Å². The first kappa shape index (κ1) is 12.0. The summed E-state index contributed by atoms with van der Waals surface area (Å²) in [5.41, 5.74) is 6.54. The smallest absolute Gasteiger partial charge is 0.0505 e. The van der Waals surface area contributed by atoms with Gasteiger partial charge in [0.05, 0.1) is 6.61 Å². The van der Waals surface area contributed by atoms with Crippen molar-refractivity contribution in [3.63, 3.8) is 0 Å². The molecule has 4 atom stereocenters. The summed E-state index contributed by atoms with van der Waals surface area (Å²) >= 11 is 0. The maximum Gasteiger partial charge on any atom is 0.0505 e. The van der Waals surface area contributed by atoms with Crippen LogP contribution in [0.3, 0.4) is 0 Å². The van der Waals surface area contributed by atoms with Crippen LogP contribution in [-0.2, 0) is 4.74 Å². The molecule has 0 aromatic rings. The molecule has 0 aromatic heterocycles. The Morgan fingerprint density at radius 1 is 1.43 bits per heavy atom. The van der Waals surface area contributed by atoms with Crippen molar-refractivity contribution in [1.82, 2.24) is 0 Å². The molecule has 0 spiro atoms. The van der Waals surface area contributed by atoms with Crippen LogP contribution in [0.2, 0.25) is 0 Å². The predicted octanol–water partition coefficient (Wildman–Crippen LogP) is 2.42. The van der Waals surface area contributed by atoms with Crippen molar-refractivity contribution in [3.8, 4) is 0 Å². The summed E-state index contributed by atoms with van der Waals surface area (Å²) in [5.74, 6) is 1.87. The quantitative estimate of drug-likeness (QED) is 0.757. The Balaban J connectivity index is 2.67. The third kappa shape index (κ3) is 2.29. The van der Waals surface area contributed by atoms with Crippen LogP contribution in [0, 0.1) is 17.8 Å². The zero-order valence-electron chi connectivity index (χ0n) is 10.0. The maximum absolute atomic E-state index is 6.54. The van der Waals surface area contributed by atoms with Gasteiger partial charge in [-0.1, -0.05) is 27.2 Å². The standard InChI is InChI=1S/C12H25NO/c1-9-5-6-10(2)12(13,7-9)11(3)8-14-4/h9-11H,5-8,13H2,1-4H3. The van der Waals surface area contributed by atoms with E-state index in [2.05, 4.69) is 20.8 Å². The summed E-state index contributed by atoms with van der Waals surface area (Å²) in [4.78, 5) is 0. The van der Waals surface area contributed by atoms with Crippen LogP contribution < -0.4 is 5.73 Å². The van der Waals surface area contributed by atoms with E-state index in [9.17, 15) is 0 Å². The lowest BCUT2D eigenvalue weighted by Crippen LogP contribution is -2.55. The molecular weight excluding hydrogens is 174 g/mol. The summed E-state index contributed by atoms with van der Waals surface area (Å²) in [5, 5.41) is 0. The van der Waals surface area contributed by atoms with Gasteiger partial charge in [-0.2, -0.15) is 0 Å². The van der Waals surface area contributed by atoms with E-state index in [1.54, 1.807) is 7.11 Å². The van der Waals surface area contributed by atoms with Gasteiger partial charge in [-0.15, -0.1) is 0 Å². The highest BCUT2D eigenvalue weighted by Crippen LogP contribution is 2.39. The highest BCUT2D eigenvalue weighted by atomic mass is 16.5. The topological polar surface area (TPSA) is 35.2 Å². The van der Waals surface area contributed by atoms with E-state index in [1.807, 2.05) is 0 Å². The van der Waals surface area contributed by atoms with E-state index in [0.29, 0.717) is 11.8 Å². The first-order valence-electron chi connectivity index (χ1n) is 5.78. The molecule has 0 bridgehead atoms. The molecule has 84 valence electrons. The van der Waals surface area contributed by atoms with E-state index in [1.165, 1.54) is 12.8 Å². The predicted molar refractivity (Wildman–Crippen MR) is 60.1 cm³/mol. The molecule has 0 saturated heterocycles. The fourth-order valence-electron chi connectivity index (χ4n) is 2.80. The molecular formula is C12H25NO. The first-order chi connectivity index (χ1) is 6.50. The average Bonchev–Trinajstić information content (AvgIpc) is 2.12. The van der Waals surface area contributed by atoms with Crippen LogP contribution in [0.25, 0.3) is 0 Å². The Morgan fingerprint density at radius 3 is 2.64 bits per heavy atom. The van der Waals surface area contributed by atoms with Gasteiger partial charge in [0.25, 0.3) is 0 Å². The summed E-state index contributed by atoms with van der Waals surface area (Å²) in [6.45, 7) is 7.61. The number of nitrogens with two attached hydrogens (primary N) is 1. The van der Waals surface area contributed by atoms with Crippen molar-refractivity contribution in [2.24, 2.45) is 23.5 Å². The van der Waals surface area contributed by atoms with Crippen LogP contribution >= 0.6 is 0 Å². The van der Waals surface area contributed by atoms with Gasteiger partial charge in [0, 0.05) is 12.6 Å². The van der Waals surface area contributed by atoms with Crippen LogP contribution in [0.15, 0.2) is 0 Å². The molecule has 1 aliphatic carbocycles. The lowest BCUT2D eigenvalue weighted by molar-refractivity contribution is 0.0501. The third-order valence-corrected chi connectivity index (χ3v) is 4.05. The van der Waals surface area contributed by atoms with Gasteiger partial charge in [-0.25, -0.2) is 0 Å². The van der Waals surface area contributed by atoms with Crippen molar-refractivity contribution in [1.29, 1.82) is 0 Å². The van der Waals surface area contributed by atoms with Crippen molar-refractivity contribution < 1.29 is 4.74 Å². The largest absolute Gasteiger partial charge is 0.384 e. The van der Waals surface area contributed by atoms with E-state index in [0.717, 1.165) is 18.9 Å². The molecule has 1 fully saturated rings. The second kappa shape index (κ2) is 4.63. The summed E-state index contributed by atoms with van der Waals surface area (Å²) in [6, 6.07) is 0. The van der Waals surface area contributed by atoms with E-state index in [4.69, 9.17) is 10.5 Å². The zero-order valence-corrected chi connectivity index (χ0v) is 10.0. The normalized spacial score (nSPS) is 40.9.